The smallest absolute Gasteiger partial charge is 0.295 e. The van der Waals surface area contributed by atoms with Gasteiger partial charge < -0.3 is 9.64 Å². The summed E-state index contributed by atoms with van der Waals surface area (Å²) in [7, 11) is -3.85. The van der Waals surface area contributed by atoms with Crippen molar-refractivity contribution in [2.45, 2.75) is 18.4 Å². The highest BCUT2D eigenvalue weighted by Gasteiger charge is 2.28. The minimum Gasteiger partial charge on any atom is -0.379 e. The van der Waals surface area contributed by atoms with E-state index in [9.17, 15) is 18.5 Å². The van der Waals surface area contributed by atoms with Crippen LogP contribution in [0.25, 0.3) is 0 Å². The Morgan fingerprint density at radius 1 is 1.08 bits per heavy atom. The summed E-state index contributed by atoms with van der Waals surface area (Å²) in [5, 5.41) is 15.8. The molecule has 0 bridgehead atoms. The fraction of sp³-hybridized carbons (Fsp3) is 0.269. The van der Waals surface area contributed by atoms with Gasteiger partial charge >= 0.3 is 0 Å². The van der Waals surface area contributed by atoms with Gasteiger partial charge in [-0.25, -0.2) is 8.42 Å². The summed E-state index contributed by atoms with van der Waals surface area (Å²) in [6.07, 6.45) is 1.55. The van der Waals surface area contributed by atoms with Crippen molar-refractivity contribution in [2.24, 2.45) is 5.10 Å². The van der Waals surface area contributed by atoms with Crippen LogP contribution in [0, 0.1) is 10.1 Å². The van der Waals surface area contributed by atoms with Crippen molar-refractivity contribution in [2.75, 3.05) is 43.2 Å². The number of hydrogen-bond acceptors (Lipinski definition) is 8. The number of nitrogens with zero attached hydrogens (tertiary/aromatic N) is 4. The lowest BCUT2D eigenvalue weighted by atomic mass is 10.1. The topological polar surface area (TPSA) is 117 Å². The Labute approximate surface area is 216 Å². The summed E-state index contributed by atoms with van der Waals surface area (Å²) in [5.41, 5.74) is 5.50. The van der Waals surface area contributed by atoms with Crippen LogP contribution in [-0.4, -0.2) is 56.7 Å². The first kappa shape index (κ1) is 26.3. The average Bonchev–Trinajstić information content (AvgIpc) is 2.93. The number of morpholine rings is 1. The molecule has 1 N–H and O–H groups in total. The molecule has 4 rings (SSSR count). The Balaban J connectivity index is 1.44. The maximum absolute atomic E-state index is 12.9. The lowest BCUT2D eigenvalue weighted by molar-refractivity contribution is -0.384. The van der Waals surface area contributed by atoms with Crippen LogP contribution in [-0.2, 0) is 21.3 Å². The normalized spacial score (nSPS) is 14.5. The molecule has 0 atom stereocenters. The lowest BCUT2D eigenvalue weighted by Gasteiger charge is -2.26. The molecule has 194 valence electrons. The zero-order valence-electron chi connectivity index (χ0n) is 20.5. The molecule has 0 aromatic heterocycles. The van der Waals surface area contributed by atoms with Gasteiger partial charge in [0.2, 0.25) is 10.0 Å². The number of nitro benzene ring substituents is 1. The van der Waals surface area contributed by atoms with Crippen LogP contribution >= 0.6 is 0 Å². The van der Waals surface area contributed by atoms with Gasteiger partial charge in [0.25, 0.3) is 5.69 Å². The minimum absolute atomic E-state index is 0.0961. The predicted octanol–water partition coefficient (Wildman–Crippen LogP) is 4.09. The molecule has 1 fully saturated rings. The van der Waals surface area contributed by atoms with Crippen molar-refractivity contribution < 1.29 is 18.1 Å². The van der Waals surface area contributed by atoms with E-state index in [-0.39, 0.29) is 29.4 Å². The van der Waals surface area contributed by atoms with Crippen LogP contribution in [0.3, 0.4) is 0 Å². The van der Waals surface area contributed by atoms with E-state index in [4.69, 9.17) is 4.74 Å². The van der Waals surface area contributed by atoms with E-state index in [1.54, 1.807) is 6.21 Å². The summed E-state index contributed by atoms with van der Waals surface area (Å²) in [6.45, 7) is 4.76. The van der Waals surface area contributed by atoms with E-state index in [0.29, 0.717) is 13.2 Å². The van der Waals surface area contributed by atoms with Gasteiger partial charge in [0.05, 0.1) is 29.2 Å². The van der Waals surface area contributed by atoms with Gasteiger partial charge in [0.15, 0.2) is 0 Å². The number of nitro groups is 1. The average molecular weight is 524 g/mol. The molecule has 0 saturated carbocycles. The molecule has 0 unspecified atom stereocenters. The van der Waals surface area contributed by atoms with E-state index < -0.39 is 14.9 Å². The highest BCUT2D eigenvalue weighted by molar-refractivity contribution is 7.89. The Kier molecular flexibility index (Phi) is 8.49. The third kappa shape index (κ3) is 6.50. The second-order valence-electron chi connectivity index (χ2n) is 8.41. The second kappa shape index (κ2) is 12.0. The summed E-state index contributed by atoms with van der Waals surface area (Å²) < 4.78 is 32.2. The third-order valence-corrected chi connectivity index (χ3v) is 7.92. The molecular formula is C26H29N5O5S. The quantitative estimate of drug-likeness (QED) is 0.242. The maximum atomic E-state index is 12.9. The molecule has 1 saturated heterocycles. The monoisotopic (exact) mass is 523 g/mol. The molecule has 1 heterocycles. The number of sulfonamides is 1. The van der Waals surface area contributed by atoms with Crippen LogP contribution in [0.1, 0.15) is 18.1 Å². The predicted molar refractivity (Wildman–Crippen MR) is 143 cm³/mol. The molecule has 1 aliphatic rings. The van der Waals surface area contributed by atoms with Gasteiger partial charge in [-0.05, 0) is 42.3 Å². The van der Waals surface area contributed by atoms with Gasteiger partial charge in [-0.3, -0.25) is 15.5 Å². The first-order valence-electron chi connectivity index (χ1n) is 11.9. The molecule has 3 aromatic carbocycles. The summed E-state index contributed by atoms with van der Waals surface area (Å²) in [5.74, 6) is 0. The van der Waals surface area contributed by atoms with E-state index in [1.807, 2.05) is 42.5 Å². The Hall–Kier alpha value is -3.80. The zero-order valence-corrected chi connectivity index (χ0v) is 21.3. The van der Waals surface area contributed by atoms with Gasteiger partial charge in [0.1, 0.15) is 5.69 Å². The Bertz CT molecular complexity index is 1340. The fourth-order valence-electron chi connectivity index (χ4n) is 3.99. The number of ether oxygens (including phenoxy) is 1. The van der Waals surface area contributed by atoms with Crippen molar-refractivity contribution in [3.8, 4) is 0 Å². The highest BCUT2D eigenvalue weighted by atomic mass is 32.2. The Morgan fingerprint density at radius 2 is 1.78 bits per heavy atom. The van der Waals surface area contributed by atoms with Crippen LogP contribution in [0.15, 0.2) is 82.8 Å². The van der Waals surface area contributed by atoms with E-state index in [0.717, 1.165) is 30.4 Å². The SMILES string of the molecule is CCN(Cc1ccccc1)c1ccc(/C=N/Nc2ccc(S(=O)(=O)N3CCOCC3)cc2[N+](=O)[O-])cc1. The van der Waals surface area contributed by atoms with Gasteiger partial charge in [-0.1, -0.05) is 42.5 Å². The summed E-state index contributed by atoms with van der Waals surface area (Å²) >= 11 is 0. The molecule has 37 heavy (non-hydrogen) atoms. The van der Waals surface area contributed by atoms with Crippen molar-refractivity contribution in [1.29, 1.82) is 0 Å². The van der Waals surface area contributed by atoms with Gasteiger partial charge in [-0.15, -0.1) is 0 Å². The number of benzene rings is 3. The largest absolute Gasteiger partial charge is 0.379 e. The van der Waals surface area contributed by atoms with Crippen molar-refractivity contribution in [1.82, 2.24) is 4.31 Å². The maximum Gasteiger partial charge on any atom is 0.295 e. The number of hydrazone groups is 1. The van der Waals surface area contributed by atoms with Crippen LogP contribution < -0.4 is 10.3 Å². The molecule has 0 spiro atoms. The zero-order chi connectivity index (χ0) is 26.3. The van der Waals surface area contributed by atoms with Crippen molar-refractivity contribution in [3.05, 3.63) is 94.0 Å². The van der Waals surface area contributed by atoms with Crippen LogP contribution in [0.2, 0.25) is 0 Å². The first-order valence-corrected chi connectivity index (χ1v) is 13.4. The number of hydrogen-bond donors (Lipinski definition) is 1. The molecular weight excluding hydrogens is 494 g/mol. The standard InChI is InChI=1S/C26H29N5O5S/c1-2-29(20-22-6-4-3-5-7-22)23-10-8-21(9-11-23)19-27-28-25-13-12-24(18-26(25)31(32)33)37(34,35)30-14-16-36-17-15-30/h3-13,18-19,28H,2,14-17,20H2,1H3/b27-19+. The van der Waals surface area contributed by atoms with Gasteiger partial charge in [0, 0.05) is 37.9 Å². The number of rotatable bonds is 10. The minimum atomic E-state index is -3.85. The number of anilines is 2. The number of nitrogens with one attached hydrogen (secondary N) is 1. The van der Waals surface area contributed by atoms with Gasteiger partial charge in [-0.2, -0.15) is 9.41 Å². The molecule has 0 radical (unpaired) electrons. The fourth-order valence-corrected chi connectivity index (χ4v) is 5.42. The van der Waals surface area contributed by atoms with Crippen molar-refractivity contribution >= 4 is 33.3 Å². The molecule has 0 aliphatic carbocycles. The van der Waals surface area contributed by atoms with E-state index in [1.165, 1.54) is 22.0 Å². The summed E-state index contributed by atoms with van der Waals surface area (Å²) in [4.78, 5) is 13.1. The second-order valence-corrected chi connectivity index (χ2v) is 10.4. The molecule has 10 nitrogen and oxygen atoms in total. The summed E-state index contributed by atoms with van der Waals surface area (Å²) in [6, 6.07) is 21.8. The first-order chi connectivity index (χ1) is 17.9. The molecule has 3 aromatic rings. The Morgan fingerprint density at radius 3 is 2.43 bits per heavy atom. The molecule has 11 heteroatoms. The van der Waals surface area contributed by atoms with E-state index in [2.05, 4.69) is 34.5 Å². The third-order valence-electron chi connectivity index (χ3n) is 6.03. The lowest BCUT2D eigenvalue weighted by Crippen LogP contribution is -2.40. The van der Waals surface area contributed by atoms with Crippen LogP contribution in [0.5, 0.6) is 0 Å². The highest BCUT2D eigenvalue weighted by Crippen LogP contribution is 2.29. The van der Waals surface area contributed by atoms with E-state index >= 15 is 0 Å². The molecule has 1 aliphatic heterocycles. The van der Waals surface area contributed by atoms with Crippen LogP contribution in [0.4, 0.5) is 17.1 Å². The molecule has 0 amide bonds. The van der Waals surface area contributed by atoms with Crippen molar-refractivity contribution in [3.63, 3.8) is 0 Å².